The molecule has 3 aromatic carbocycles. The zero-order valence-electron chi connectivity index (χ0n) is 15.2. The van der Waals surface area contributed by atoms with E-state index in [1.54, 1.807) is 19.1 Å². The van der Waals surface area contributed by atoms with Crippen LogP contribution in [0.3, 0.4) is 0 Å². The fraction of sp³-hybridized carbons (Fsp3) is 0.0909. The number of halogens is 1. The fourth-order valence-corrected chi connectivity index (χ4v) is 3.18. The van der Waals surface area contributed by atoms with Crippen molar-refractivity contribution in [2.24, 2.45) is 5.10 Å². The van der Waals surface area contributed by atoms with Gasteiger partial charge in [-0.2, -0.15) is 5.10 Å². The van der Waals surface area contributed by atoms with Crippen molar-refractivity contribution >= 4 is 28.1 Å². The second kappa shape index (κ2) is 9.19. The molecule has 0 saturated heterocycles. The average molecular weight is 439 g/mol. The number of amides is 1. The van der Waals surface area contributed by atoms with Gasteiger partial charge in [-0.3, -0.25) is 4.79 Å². The highest BCUT2D eigenvalue weighted by molar-refractivity contribution is 9.10. The summed E-state index contributed by atoms with van der Waals surface area (Å²) in [5.74, 6) is 0.324. The maximum absolute atomic E-state index is 11.9. The first-order valence-corrected chi connectivity index (χ1v) is 9.41. The maximum atomic E-state index is 11.9. The molecule has 28 heavy (non-hydrogen) atoms. The molecular formula is C22H19BrN2O3. The van der Waals surface area contributed by atoms with Gasteiger partial charge in [0.1, 0.15) is 11.5 Å². The fourth-order valence-electron chi connectivity index (χ4n) is 2.59. The van der Waals surface area contributed by atoms with Crippen LogP contribution in [0.25, 0.3) is 11.1 Å². The van der Waals surface area contributed by atoms with E-state index in [9.17, 15) is 9.90 Å². The molecule has 0 spiro atoms. The van der Waals surface area contributed by atoms with Crippen LogP contribution in [-0.2, 0) is 4.79 Å². The molecule has 5 nitrogen and oxygen atoms in total. The van der Waals surface area contributed by atoms with E-state index in [1.807, 2.05) is 54.6 Å². The van der Waals surface area contributed by atoms with Crippen molar-refractivity contribution in [1.82, 2.24) is 5.43 Å². The lowest BCUT2D eigenvalue weighted by Crippen LogP contribution is -2.24. The summed E-state index contributed by atoms with van der Waals surface area (Å²) in [6.45, 7) is 1.62. The van der Waals surface area contributed by atoms with Gasteiger partial charge in [-0.1, -0.05) is 58.4 Å². The van der Waals surface area contributed by atoms with Gasteiger partial charge >= 0.3 is 0 Å². The molecule has 0 fully saturated rings. The predicted molar refractivity (Wildman–Crippen MR) is 114 cm³/mol. The number of carbonyl (C=O) groups is 1. The monoisotopic (exact) mass is 438 g/mol. The van der Waals surface area contributed by atoms with E-state index in [0.29, 0.717) is 16.9 Å². The van der Waals surface area contributed by atoms with Gasteiger partial charge < -0.3 is 9.84 Å². The van der Waals surface area contributed by atoms with Crippen molar-refractivity contribution in [1.29, 1.82) is 0 Å². The first-order chi connectivity index (χ1) is 13.5. The number of rotatable bonds is 6. The first-order valence-electron chi connectivity index (χ1n) is 8.62. The van der Waals surface area contributed by atoms with Crippen LogP contribution in [0.5, 0.6) is 11.5 Å². The summed E-state index contributed by atoms with van der Waals surface area (Å²) >= 11 is 3.36. The highest BCUT2D eigenvalue weighted by Gasteiger charge is 2.05. The van der Waals surface area contributed by atoms with E-state index >= 15 is 0 Å². The molecule has 1 amide bonds. The predicted octanol–water partition coefficient (Wildman–Crippen LogP) is 4.66. The number of ether oxygens (including phenoxy) is 1. The largest absolute Gasteiger partial charge is 0.507 e. The third-order valence-electron chi connectivity index (χ3n) is 4.02. The summed E-state index contributed by atoms with van der Waals surface area (Å²) in [5, 5.41) is 13.9. The average Bonchev–Trinajstić information content (AvgIpc) is 2.71. The Morgan fingerprint density at radius 3 is 2.50 bits per heavy atom. The van der Waals surface area contributed by atoms with Gasteiger partial charge in [-0.05, 0) is 47.9 Å². The van der Waals surface area contributed by atoms with E-state index in [-0.39, 0.29) is 12.4 Å². The first kappa shape index (κ1) is 19.6. The van der Waals surface area contributed by atoms with Crippen molar-refractivity contribution in [2.75, 3.05) is 6.61 Å². The Balaban J connectivity index is 1.52. The number of aromatic hydroxyl groups is 1. The number of nitrogens with zero attached hydrogens (tertiary/aromatic N) is 1. The van der Waals surface area contributed by atoms with Crippen LogP contribution in [0.4, 0.5) is 0 Å². The maximum Gasteiger partial charge on any atom is 0.277 e. The molecule has 0 saturated carbocycles. The van der Waals surface area contributed by atoms with Crippen LogP contribution in [0.1, 0.15) is 11.1 Å². The molecule has 0 aliphatic heterocycles. The number of phenols is 1. The van der Waals surface area contributed by atoms with E-state index in [2.05, 4.69) is 26.5 Å². The third-order valence-corrected chi connectivity index (χ3v) is 4.48. The summed E-state index contributed by atoms with van der Waals surface area (Å²) in [7, 11) is 0. The topological polar surface area (TPSA) is 70.9 Å². The van der Waals surface area contributed by atoms with Crippen molar-refractivity contribution in [3.05, 3.63) is 82.3 Å². The van der Waals surface area contributed by atoms with Gasteiger partial charge in [0, 0.05) is 10.0 Å². The summed E-state index contributed by atoms with van der Waals surface area (Å²) in [6.07, 6.45) is 1.39. The Bertz CT molecular complexity index is 987. The minimum atomic E-state index is -0.394. The van der Waals surface area contributed by atoms with E-state index in [1.165, 1.54) is 6.21 Å². The van der Waals surface area contributed by atoms with Gasteiger partial charge in [0.15, 0.2) is 6.61 Å². The molecule has 2 N–H and O–H groups in total. The zero-order valence-corrected chi connectivity index (χ0v) is 16.8. The van der Waals surface area contributed by atoms with E-state index in [4.69, 9.17) is 4.74 Å². The number of phenolic OH excluding ortho intramolecular Hbond substituents is 1. The second-order valence-corrected chi connectivity index (χ2v) is 7.05. The Kier molecular flexibility index (Phi) is 6.45. The van der Waals surface area contributed by atoms with Gasteiger partial charge in [-0.15, -0.1) is 0 Å². The van der Waals surface area contributed by atoms with Crippen LogP contribution >= 0.6 is 15.9 Å². The number of benzene rings is 3. The lowest BCUT2D eigenvalue weighted by atomic mass is 10.1. The molecule has 0 aromatic heterocycles. The Labute approximate surface area is 171 Å². The third kappa shape index (κ3) is 5.20. The number of carbonyl (C=O) groups excluding carboxylic acids is 1. The summed E-state index contributed by atoms with van der Waals surface area (Å²) < 4.78 is 6.30. The van der Waals surface area contributed by atoms with E-state index in [0.717, 1.165) is 15.6 Å². The summed E-state index contributed by atoms with van der Waals surface area (Å²) in [6, 6.07) is 21.0. The number of nitrogens with one attached hydrogen (secondary N) is 1. The Morgan fingerprint density at radius 1 is 1.11 bits per heavy atom. The number of hydrazone groups is 1. The van der Waals surface area contributed by atoms with Crippen LogP contribution in [0.2, 0.25) is 0 Å². The summed E-state index contributed by atoms with van der Waals surface area (Å²) in [4.78, 5) is 11.9. The quantitative estimate of drug-likeness (QED) is 0.434. The molecule has 0 unspecified atom stereocenters. The molecule has 3 rings (SSSR count). The minimum Gasteiger partial charge on any atom is -0.507 e. The molecule has 0 bridgehead atoms. The molecular weight excluding hydrogens is 420 g/mol. The molecule has 0 aliphatic carbocycles. The summed E-state index contributed by atoms with van der Waals surface area (Å²) in [5.41, 5.74) is 5.79. The van der Waals surface area contributed by atoms with Crippen LogP contribution in [0.15, 0.2) is 76.3 Å². The molecule has 0 atom stereocenters. The highest BCUT2D eigenvalue weighted by atomic mass is 79.9. The van der Waals surface area contributed by atoms with Crippen molar-refractivity contribution in [2.45, 2.75) is 6.92 Å². The standard InChI is InChI=1S/C22H19BrN2O3/c1-15-11-19(23)12-18(22(15)27)13-24-25-21(26)14-28-20-9-7-17(8-10-20)16-5-3-2-4-6-16/h2-13,27H,14H2,1H3,(H,25,26). The number of hydrogen-bond donors (Lipinski definition) is 2. The SMILES string of the molecule is Cc1cc(Br)cc(C=NNC(=O)COc2ccc(-c3ccccc3)cc2)c1O. The minimum absolute atomic E-state index is 0.121. The molecule has 0 heterocycles. The Morgan fingerprint density at radius 2 is 1.79 bits per heavy atom. The van der Waals surface area contributed by atoms with Gasteiger partial charge in [0.25, 0.3) is 5.91 Å². The van der Waals surface area contributed by atoms with Crippen LogP contribution in [0, 0.1) is 6.92 Å². The van der Waals surface area contributed by atoms with Crippen LogP contribution in [-0.4, -0.2) is 23.8 Å². The normalized spacial score (nSPS) is 10.8. The second-order valence-electron chi connectivity index (χ2n) is 6.13. The molecule has 0 aliphatic rings. The van der Waals surface area contributed by atoms with Crippen LogP contribution < -0.4 is 10.2 Å². The highest BCUT2D eigenvalue weighted by Crippen LogP contribution is 2.25. The Hall–Kier alpha value is -3.12. The van der Waals surface area contributed by atoms with E-state index < -0.39 is 5.91 Å². The molecule has 6 heteroatoms. The smallest absolute Gasteiger partial charge is 0.277 e. The molecule has 3 aromatic rings. The van der Waals surface area contributed by atoms with Gasteiger partial charge in [0.2, 0.25) is 0 Å². The van der Waals surface area contributed by atoms with Gasteiger partial charge in [0.05, 0.1) is 6.21 Å². The van der Waals surface area contributed by atoms with Gasteiger partial charge in [-0.25, -0.2) is 5.43 Å². The van der Waals surface area contributed by atoms with Crippen molar-refractivity contribution in [3.8, 4) is 22.6 Å². The molecule has 0 radical (unpaired) electrons. The lowest BCUT2D eigenvalue weighted by Gasteiger charge is -2.07. The van der Waals surface area contributed by atoms with Crippen molar-refractivity contribution in [3.63, 3.8) is 0 Å². The number of aryl methyl sites for hydroxylation is 1. The lowest BCUT2D eigenvalue weighted by molar-refractivity contribution is -0.123. The zero-order chi connectivity index (χ0) is 19.9. The molecule has 142 valence electrons. The van der Waals surface area contributed by atoms with Crippen molar-refractivity contribution < 1.29 is 14.6 Å². The number of hydrogen-bond acceptors (Lipinski definition) is 4.